The lowest BCUT2D eigenvalue weighted by molar-refractivity contribution is 0.627. The Morgan fingerprint density at radius 2 is 1.87 bits per heavy atom. The van der Waals surface area contributed by atoms with Gasteiger partial charge in [0, 0.05) is 0 Å². The van der Waals surface area contributed by atoms with E-state index in [4.69, 9.17) is 0 Å². The first-order valence-corrected chi connectivity index (χ1v) is 7.17. The van der Waals surface area contributed by atoms with Gasteiger partial charge in [-0.3, -0.25) is 0 Å². The maximum atomic E-state index is 12.7. The summed E-state index contributed by atoms with van der Waals surface area (Å²) in [6.07, 6.45) is 0. The van der Waals surface area contributed by atoms with Gasteiger partial charge in [-0.1, -0.05) is 28.1 Å². The molecule has 0 saturated carbocycles. The van der Waals surface area contributed by atoms with Crippen LogP contribution in [-0.2, 0) is 0 Å². The Labute approximate surface area is 114 Å². The van der Waals surface area contributed by atoms with E-state index >= 15 is 0 Å². The highest BCUT2D eigenvalue weighted by molar-refractivity contribution is 14.1. The molecule has 0 aliphatic carbocycles. The third kappa shape index (κ3) is 2.79. The van der Waals surface area contributed by atoms with Gasteiger partial charge in [-0.2, -0.15) is 0 Å². The highest BCUT2D eigenvalue weighted by atomic mass is 127. The van der Waals surface area contributed by atoms with Crippen LogP contribution in [0.2, 0.25) is 0 Å². The van der Waals surface area contributed by atoms with Gasteiger partial charge in [0.2, 0.25) is 0 Å². The van der Waals surface area contributed by atoms with Gasteiger partial charge in [0.15, 0.2) is 0 Å². The van der Waals surface area contributed by atoms with Crippen molar-refractivity contribution in [2.75, 3.05) is 0 Å². The Morgan fingerprint density at radius 1 is 1.20 bits per heavy atom. The SMILES string of the molecule is Fc1ccc(C(Br)c2csc(I)c2)cc1. The lowest BCUT2D eigenvalue weighted by atomic mass is 10.1. The van der Waals surface area contributed by atoms with Crippen molar-refractivity contribution in [2.24, 2.45) is 0 Å². The zero-order valence-corrected chi connectivity index (χ0v) is 12.1. The van der Waals surface area contributed by atoms with Crippen molar-refractivity contribution in [2.45, 2.75) is 4.83 Å². The van der Waals surface area contributed by atoms with Gasteiger partial charge in [-0.15, -0.1) is 11.3 Å². The summed E-state index contributed by atoms with van der Waals surface area (Å²) in [4.78, 5) is 0.151. The van der Waals surface area contributed by atoms with Crippen molar-refractivity contribution in [1.29, 1.82) is 0 Å². The first-order chi connectivity index (χ1) is 7.16. The molecule has 15 heavy (non-hydrogen) atoms. The van der Waals surface area contributed by atoms with Crippen LogP contribution in [0.1, 0.15) is 16.0 Å². The third-order valence-electron chi connectivity index (χ3n) is 2.04. The van der Waals surface area contributed by atoms with Crippen LogP contribution in [-0.4, -0.2) is 0 Å². The van der Waals surface area contributed by atoms with Gasteiger partial charge in [-0.25, -0.2) is 4.39 Å². The summed E-state index contributed by atoms with van der Waals surface area (Å²) in [5.74, 6) is -0.196. The smallest absolute Gasteiger partial charge is 0.123 e. The molecule has 0 bridgehead atoms. The first kappa shape index (κ1) is 11.5. The van der Waals surface area contributed by atoms with Crippen LogP contribution in [0.4, 0.5) is 4.39 Å². The quantitative estimate of drug-likeness (QED) is 0.496. The number of hydrogen-bond donors (Lipinski definition) is 0. The predicted molar refractivity (Wildman–Crippen MR) is 74.2 cm³/mol. The number of halogens is 3. The molecule has 0 fully saturated rings. The van der Waals surface area contributed by atoms with Crippen molar-refractivity contribution in [1.82, 2.24) is 0 Å². The summed E-state index contributed by atoms with van der Waals surface area (Å²) < 4.78 is 14.0. The third-order valence-corrected chi connectivity index (χ3v) is 4.91. The average Bonchev–Trinajstić information content (AvgIpc) is 2.65. The van der Waals surface area contributed by atoms with E-state index in [1.807, 2.05) is 0 Å². The van der Waals surface area contributed by atoms with Crippen LogP contribution in [0.25, 0.3) is 0 Å². The van der Waals surface area contributed by atoms with E-state index in [1.54, 1.807) is 23.5 Å². The van der Waals surface area contributed by atoms with Crippen LogP contribution < -0.4 is 0 Å². The molecule has 0 radical (unpaired) electrons. The van der Waals surface area contributed by atoms with Crippen molar-refractivity contribution in [3.8, 4) is 0 Å². The molecule has 0 amide bonds. The molecule has 1 atom stereocenters. The minimum Gasteiger partial charge on any atom is -0.207 e. The van der Waals surface area contributed by atoms with Crippen LogP contribution >= 0.6 is 49.9 Å². The summed E-state index contributed by atoms with van der Waals surface area (Å²) in [7, 11) is 0. The fraction of sp³-hybridized carbons (Fsp3) is 0.0909. The summed E-state index contributed by atoms with van der Waals surface area (Å²) in [6, 6.07) is 8.72. The largest absolute Gasteiger partial charge is 0.207 e. The normalized spacial score (nSPS) is 12.7. The monoisotopic (exact) mass is 396 g/mol. The second-order valence-corrected chi connectivity index (χ2v) is 6.82. The van der Waals surface area contributed by atoms with E-state index in [-0.39, 0.29) is 10.6 Å². The summed E-state index contributed by atoms with van der Waals surface area (Å²) in [5, 5.41) is 2.12. The molecule has 1 aromatic heterocycles. The number of benzene rings is 1. The molecule has 1 unspecified atom stereocenters. The van der Waals surface area contributed by atoms with E-state index in [0.29, 0.717) is 0 Å². The second kappa shape index (κ2) is 4.93. The molecule has 78 valence electrons. The lowest BCUT2D eigenvalue weighted by Crippen LogP contribution is -1.90. The van der Waals surface area contributed by atoms with Crippen LogP contribution in [0.5, 0.6) is 0 Å². The highest BCUT2D eigenvalue weighted by Crippen LogP contribution is 2.33. The summed E-state index contributed by atoms with van der Waals surface area (Å²) >= 11 is 7.62. The topological polar surface area (TPSA) is 0 Å². The molecule has 1 heterocycles. The lowest BCUT2D eigenvalue weighted by Gasteiger charge is -2.07. The van der Waals surface area contributed by atoms with Crippen molar-refractivity contribution >= 4 is 49.9 Å². The average molecular weight is 397 g/mol. The highest BCUT2D eigenvalue weighted by Gasteiger charge is 2.11. The van der Waals surface area contributed by atoms with Gasteiger partial charge >= 0.3 is 0 Å². The van der Waals surface area contributed by atoms with Crippen LogP contribution in [0, 0.1) is 8.70 Å². The molecule has 0 aliphatic heterocycles. The number of thiophene rings is 1. The Balaban J connectivity index is 2.28. The molecule has 1 aromatic carbocycles. The molecule has 2 rings (SSSR count). The molecule has 0 saturated heterocycles. The molecule has 4 heteroatoms. The maximum absolute atomic E-state index is 12.7. The van der Waals surface area contributed by atoms with E-state index in [1.165, 1.54) is 20.6 Å². The van der Waals surface area contributed by atoms with E-state index in [2.05, 4.69) is 50.0 Å². The van der Waals surface area contributed by atoms with E-state index in [9.17, 15) is 4.39 Å². The molecule has 0 spiro atoms. The molecule has 0 nitrogen and oxygen atoms in total. The maximum Gasteiger partial charge on any atom is 0.123 e. The van der Waals surface area contributed by atoms with Gasteiger partial charge in [0.05, 0.1) is 7.71 Å². The zero-order valence-electron chi connectivity index (χ0n) is 7.58. The minimum atomic E-state index is -0.196. The fourth-order valence-corrected chi connectivity index (χ4v) is 3.42. The van der Waals surface area contributed by atoms with Crippen LogP contribution in [0.3, 0.4) is 0 Å². The van der Waals surface area contributed by atoms with Crippen LogP contribution in [0.15, 0.2) is 35.7 Å². The summed E-state index contributed by atoms with van der Waals surface area (Å²) in [5.41, 5.74) is 2.29. The number of rotatable bonds is 2. The molecule has 0 aliphatic rings. The Bertz CT molecular complexity index is 452. The second-order valence-electron chi connectivity index (χ2n) is 3.10. The standard InChI is InChI=1S/C11H7BrFIS/c12-11(8-5-10(14)15-6-8)7-1-3-9(13)4-2-7/h1-6,11H. The Hall–Kier alpha value is 0.0600. The fourth-order valence-electron chi connectivity index (χ4n) is 1.28. The Kier molecular flexibility index (Phi) is 3.79. The molecular weight excluding hydrogens is 390 g/mol. The van der Waals surface area contributed by atoms with Gasteiger partial charge in [0.25, 0.3) is 0 Å². The van der Waals surface area contributed by atoms with Gasteiger partial charge < -0.3 is 0 Å². The van der Waals surface area contributed by atoms with Gasteiger partial charge in [-0.05, 0) is 57.3 Å². The van der Waals surface area contributed by atoms with E-state index < -0.39 is 0 Å². The Morgan fingerprint density at radius 3 is 2.40 bits per heavy atom. The van der Waals surface area contributed by atoms with Crippen molar-refractivity contribution in [3.05, 3.63) is 55.5 Å². The number of alkyl halides is 1. The predicted octanol–water partition coefficient (Wildman–Crippen LogP) is 4.98. The first-order valence-electron chi connectivity index (χ1n) is 4.30. The summed E-state index contributed by atoms with van der Waals surface area (Å²) in [6.45, 7) is 0. The van der Waals surface area contributed by atoms with E-state index in [0.717, 1.165) is 5.56 Å². The molecule has 0 N–H and O–H groups in total. The van der Waals surface area contributed by atoms with Crippen molar-refractivity contribution in [3.63, 3.8) is 0 Å². The van der Waals surface area contributed by atoms with Crippen molar-refractivity contribution < 1.29 is 4.39 Å². The molecule has 2 aromatic rings. The van der Waals surface area contributed by atoms with Gasteiger partial charge in [0.1, 0.15) is 5.82 Å². The number of hydrogen-bond acceptors (Lipinski definition) is 1. The zero-order chi connectivity index (χ0) is 10.8. The molecular formula is C11H7BrFIS. The minimum absolute atomic E-state index is 0.151.